The van der Waals surface area contributed by atoms with Gasteiger partial charge in [-0.3, -0.25) is 4.90 Å². The summed E-state index contributed by atoms with van der Waals surface area (Å²) in [4.78, 5) is 25.5. The van der Waals surface area contributed by atoms with Gasteiger partial charge in [0.1, 0.15) is 34.6 Å². The van der Waals surface area contributed by atoms with Crippen LogP contribution in [0.2, 0.25) is 10.0 Å². The molecule has 0 fully saturated rings. The number of hydrogen-bond acceptors (Lipinski definition) is 8. The molecule has 2 unspecified atom stereocenters. The maximum absolute atomic E-state index is 15.0. The Morgan fingerprint density at radius 1 is 1.23 bits per heavy atom. The number of ether oxygens (including phenoxy) is 2. The minimum absolute atomic E-state index is 0.0117. The SMILES string of the molecule is Cc1c(Cl)ccc(F)c1C(C)C(NS(=O)(=O)c1ccc(Cl)c2c1OCCN2C(=O)OC(C)(C)C)c1n[nH]c(=O)o1. The van der Waals surface area contributed by atoms with Gasteiger partial charge in [-0.05, 0) is 63.1 Å². The van der Waals surface area contributed by atoms with Gasteiger partial charge in [0.25, 0.3) is 0 Å². The van der Waals surface area contributed by atoms with Gasteiger partial charge in [-0.25, -0.2) is 27.5 Å². The number of anilines is 1. The number of nitrogens with zero attached hydrogens (tertiary/aromatic N) is 2. The van der Waals surface area contributed by atoms with Crippen molar-refractivity contribution in [1.82, 2.24) is 14.9 Å². The second-order valence-corrected chi connectivity index (χ2v) is 12.6. The zero-order valence-electron chi connectivity index (χ0n) is 22.2. The molecule has 15 heteroatoms. The molecule has 0 saturated carbocycles. The van der Waals surface area contributed by atoms with Gasteiger partial charge in [0, 0.05) is 10.9 Å². The first kappa shape index (κ1) is 29.8. The fourth-order valence-corrected chi connectivity index (χ4v) is 6.18. The van der Waals surface area contributed by atoms with Crippen molar-refractivity contribution in [1.29, 1.82) is 0 Å². The molecule has 0 saturated heterocycles. The van der Waals surface area contributed by atoms with E-state index in [4.69, 9.17) is 37.1 Å². The molecular weight excluding hydrogens is 590 g/mol. The largest absolute Gasteiger partial charge is 0.488 e. The number of amides is 1. The van der Waals surface area contributed by atoms with Crippen LogP contribution >= 0.6 is 23.2 Å². The molecule has 216 valence electrons. The van der Waals surface area contributed by atoms with Crippen LogP contribution in [0.3, 0.4) is 0 Å². The Hall–Kier alpha value is -3.13. The van der Waals surface area contributed by atoms with E-state index in [-0.39, 0.29) is 51.0 Å². The molecule has 1 aromatic heterocycles. The second kappa shape index (κ2) is 11.0. The fourth-order valence-electron chi connectivity index (χ4n) is 4.35. The van der Waals surface area contributed by atoms with Gasteiger partial charge < -0.3 is 13.9 Å². The van der Waals surface area contributed by atoms with Crippen LogP contribution in [-0.4, -0.2) is 43.5 Å². The second-order valence-electron chi connectivity index (χ2n) is 10.1. The summed E-state index contributed by atoms with van der Waals surface area (Å²) in [5.74, 6) is -3.05. The van der Waals surface area contributed by atoms with Gasteiger partial charge in [-0.2, -0.15) is 4.72 Å². The molecule has 2 N–H and O–H groups in total. The summed E-state index contributed by atoms with van der Waals surface area (Å²) in [6, 6.07) is 3.67. The van der Waals surface area contributed by atoms with E-state index in [2.05, 4.69) is 14.9 Å². The van der Waals surface area contributed by atoms with Crippen LogP contribution in [0, 0.1) is 12.7 Å². The molecule has 1 aliphatic rings. The molecule has 0 aliphatic carbocycles. The van der Waals surface area contributed by atoms with Crippen LogP contribution in [0.5, 0.6) is 5.75 Å². The summed E-state index contributed by atoms with van der Waals surface area (Å²) in [7, 11) is -4.51. The fraction of sp³-hybridized carbons (Fsp3) is 0.400. The number of carbonyl (C=O) groups excluding carboxylic acids is 1. The number of benzene rings is 2. The molecule has 11 nitrogen and oxygen atoms in total. The number of carbonyl (C=O) groups is 1. The summed E-state index contributed by atoms with van der Waals surface area (Å²) in [5.41, 5.74) is -0.344. The molecule has 2 aromatic carbocycles. The Labute approximate surface area is 239 Å². The van der Waals surface area contributed by atoms with E-state index in [1.165, 1.54) is 30.0 Å². The standard InChI is InChI=1S/C25H27Cl2FN4O7S/c1-12-14(26)6-8-16(28)18(12)13(2)19(22-29-30-23(33)38-22)31-40(35,36)17-9-7-15(27)20-21(17)37-11-10-32(20)24(34)39-25(3,4)5/h6-9,13,19,31H,10-11H2,1-5H3,(H,30,33). The Kier molecular flexibility index (Phi) is 8.23. The molecule has 0 spiro atoms. The quantitative estimate of drug-likeness (QED) is 0.390. The van der Waals surface area contributed by atoms with Crippen molar-refractivity contribution < 1.29 is 31.5 Å². The van der Waals surface area contributed by atoms with Crippen LogP contribution in [0.1, 0.15) is 56.7 Å². The lowest BCUT2D eigenvalue weighted by molar-refractivity contribution is 0.0567. The first-order valence-electron chi connectivity index (χ1n) is 12.1. The molecular formula is C25H27Cl2FN4O7S. The molecule has 2 atom stereocenters. The zero-order chi connectivity index (χ0) is 29.6. The van der Waals surface area contributed by atoms with Gasteiger partial charge in [-0.1, -0.05) is 30.1 Å². The summed E-state index contributed by atoms with van der Waals surface area (Å²) >= 11 is 12.6. The van der Waals surface area contributed by atoms with Crippen LogP contribution in [0.15, 0.2) is 38.4 Å². The van der Waals surface area contributed by atoms with Gasteiger partial charge in [0.05, 0.1) is 11.6 Å². The van der Waals surface area contributed by atoms with Crippen molar-refractivity contribution in [3.8, 4) is 5.75 Å². The number of fused-ring (bicyclic) bond motifs is 1. The Morgan fingerprint density at radius 2 is 1.90 bits per heavy atom. The lowest BCUT2D eigenvalue weighted by Crippen LogP contribution is -2.42. The third kappa shape index (κ3) is 5.97. The Morgan fingerprint density at radius 3 is 2.52 bits per heavy atom. The smallest absolute Gasteiger partial charge is 0.434 e. The number of hydrogen-bond donors (Lipinski definition) is 2. The number of halogens is 3. The molecule has 0 radical (unpaired) electrons. The average Bonchev–Trinajstić information content (AvgIpc) is 3.29. The summed E-state index contributed by atoms with van der Waals surface area (Å²) < 4.78 is 61.3. The van der Waals surface area contributed by atoms with E-state index in [9.17, 15) is 22.4 Å². The molecule has 1 aliphatic heterocycles. The molecule has 1 amide bonds. The third-order valence-corrected chi connectivity index (χ3v) is 8.31. The first-order valence-corrected chi connectivity index (χ1v) is 14.3. The van der Waals surface area contributed by atoms with E-state index in [0.29, 0.717) is 5.56 Å². The van der Waals surface area contributed by atoms with Gasteiger partial charge in [0.2, 0.25) is 15.9 Å². The zero-order valence-corrected chi connectivity index (χ0v) is 24.5. The Balaban J connectivity index is 1.80. The summed E-state index contributed by atoms with van der Waals surface area (Å²) in [6.07, 6.45) is -0.738. The topological polar surface area (TPSA) is 144 Å². The monoisotopic (exact) mass is 616 g/mol. The molecule has 40 heavy (non-hydrogen) atoms. The molecule has 4 rings (SSSR count). The maximum atomic E-state index is 15.0. The Bertz CT molecular complexity index is 1620. The number of sulfonamides is 1. The maximum Gasteiger partial charge on any atom is 0.434 e. The third-order valence-electron chi connectivity index (χ3n) is 6.13. The highest BCUT2D eigenvalue weighted by Gasteiger charge is 2.38. The van der Waals surface area contributed by atoms with Crippen molar-refractivity contribution in [2.75, 3.05) is 18.1 Å². The van der Waals surface area contributed by atoms with Crippen molar-refractivity contribution in [2.24, 2.45) is 0 Å². The van der Waals surface area contributed by atoms with Crippen molar-refractivity contribution >= 4 is 45.0 Å². The van der Waals surface area contributed by atoms with E-state index >= 15 is 0 Å². The molecule has 2 heterocycles. The minimum atomic E-state index is -4.51. The highest BCUT2D eigenvalue weighted by molar-refractivity contribution is 7.89. The normalized spacial score (nSPS) is 15.2. The van der Waals surface area contributed by atoms with E-state index in [0.717, 1.165) is 6.07 Å². The van der Waals surface area contributed by atoms with Crippen LogP contribution in [0.4, 0.5) is 14.9 Å². The molecule has 0 bridgehead atoms. The highest BCUT2D eigenvalue weighted by atomic mass is 35.5. The number of nitrogens with one attached hydrogen (secondary N) is 2. The summed E-state index contributed by atoms with van der Waals surface area (Å²) in [6.45, 7) is 8.20. The lowest BCUT2D eigenvalue weighted by atomic mass is 9.90. The summed E-state index contributed by atoms with van der Waals surface area (Å²) in [5, 5.41) is 6.19. The van der Waals surface area contributed by atoms with E-state index in [1.54, 1.807) is 27.7 Å². The van der Waals surface area contributed by atoms with Gasteiger partial charge in [-0.15, -0.1) is 5.10 Å². The van der Waals surface area contributed by atoms with Crippen molar-refractivity contribution in [3.63, 3.8) is 0 Å². The molecule has 3 aromatic rings. The van der Waals surface area contributed by atoms with Crippen molar-refractivity contribution in [3.05, 3.63) is 67.7 Å². The van der Waals surface area contributed by atoms with Gasteiger partial charge in [0.15, 0.2) is 5.75 Å². The minimum Gasteiger partial charge on any atom is -0.488 e. The average molecular weight is 617 g/mol. The number of aromatic nitrogens is 2. The number of H-pyrrole nitrogens is 1. The van der Waals surface area contributed by atoms with E-state index < -0.39 is 45.3 Å². The van der Waals surface area contributed by atoms with Gasteiger partial charge >= 0.3 is 11.8 Å². The first-order chi connectivity index (χ1) is 18.6. The van der Waals surface area contributed by atoms with Crippen LogP contribution in [0.25, 0.3) is 0 Å². The van der Waals surface area contributed by atoms with E-state index in [1.807, 2.05) is 0 Å². The van der Waals surface area contributed by atoms with Crippen molar-refractivity contribution in [2.45, 2.75) is 57.1 Å². The predicted octanol–water partition coefficient (Wildman–Crippen LogP) is 5.07. The lowest BCUT2D eigenvalue weighted by Gasteiger charge is -2.33. The van der Waals surface area contributed by atoms with Crippen LogP contribution < -0.4 is 20.1 Å². The number of rotatable bonds is 6. The number of aromatic amines is 1. The predicted molar refractivity (Wildman–Crippen MR) is 145 cm³/mol. The highest BCUT2D eigenvalue weighted by Crippen LogP contribution is 2.44. The van der Waals surface area contributed by atoms with Crippen LogP contribution in [-0.2, 0) is 14.8 Å².